The number of amides is 1. The van der Waals surface area contributed by atoms with Crippen molar-refractivity contribution in [1.29, 1.82) is 0 Å². The van der Waals surface area contributed by atoms with Gasteiger partial charge in [-0.3, -0.25) is 4.79 Å². The summed E-state index contributed by atoms with van der Waals surface area (Å²) in [5, 5.41) is 2.98. The van der Waals surface area contributed by atoms with Crippen LogP contribution in [0.4, 0.5) is 0 Å². The van der Waals surface area contributed by atoms with E-state index >= 15 is 0 Å². The van der Waals surface area contributed by atoms with E-state index < -0.39 is 12.1 Å². The Bertz CT molecular complexity index is 774. The topological polar surface area (TPSA) is 64.6 Å². The molecule has 0 aromatic heterocycles. The Kier molecular flexibility index (Phi) is 5.38. The van der Waals surface area contributed by atoms with Crippen LogP contribution in [0.1, 0.15) is 34.9 Å². The van der Waals surface area contributed by atoms with Crippen LogP contribution in [0.2, 0.25) is 0 Å². The number of carbonyl (C=O) groups is 2. The SMILES string of the molecule is COC(=O)c1ccc(O[C@@H](C(=O)NC2CC2)c2ccccc2)c(Br)c1. The fourth-order valence-electron chi connectivity index (χ4n) is 2.37. The predicted octanol–water partition coefficient (Wildman–Crippen LogP) is 3.63. The molecule has 1 fully saturated rings. The Balaban J connectivity index is 1.84. The summed E-state index contributed by atoms with van der Waals surface area (Å²) >= 11 is 3.39. The molecule has 1 aliphatic rings. The molecule has 0 bridgehead atoms. The maximum atomic E-state index is 12.6. The van der Waals surface area contributed by atoms with Gasteiger partial charge in [0, 0.05) is 11.6 Å². The van der Waals surface area contributed by atoms with Crippen molar-refractivity contribution >= 4 is 27.8 Å². The lowest BCUT2D eigenvalue weighted by atomic mass is 10.1. The van der Waals surface area contributed by atoms with E-state index in [1.807, 2.05) is 30.3 Å². The van der Waals surface area contributed by atoms with Crippen molar-refractivity contribution in [2.75, 3.05) is 7.11 Å². The van der Waals surface area contributed by atoms with Gasteiger partial charge in [0.25, 0.3) is 5.91 Å². The molecule has 0 spiro atoms. The highest BCUT2D eigenvalue weighted by Crippen LogP contribution is 2.31. The standard InChI is InChI=1S/C19H18BrNO4/c1-24-19(23)13-7-10-16(15(20)11-13)25-17(12-5-3-2-4-6-12)18(22)21-14-8-9-14/h2-7,10-11,14,17H,8-9H2,1H3,(H,21,22)/t17-/m1/s1. The number of ether oxygens (including phenoxy) is 2. The second-order valence-electron chi connectivity index (χ2n) is 5.83. The smallest absolute Gasteiger partial charge is 0.337 e. The number of methoxy groups -OCH3 is 1. The van der Waals surface area contributed by atoms with Crippen molar-refractivity contribution in [3.63, 3.8) is 0 Å². The van der Waals surface area contributed by atoms with Crippen LogP contribution in [0.3, 0.4) is 0 Å². The second-order valence-corrected chi connectivity index (χ2v) is 6.68. The fraction of sp³-hybridized carbons (Fsp3) is 0.263. The van der Waals surface area contributed by atoms with E-state index in [2.05, 4.69) is 21.2 Å². The molecule has 1 aliphatic carbocycles. The number of carbonyl (C=O) groups excluding carboxylic acids is 2. The van der Waals surface area contributed by atoms with Gasteiger partial charge in [-0.05, 0) is 47.0 Å². The normalized spacial score (nSPS) is 14.5. The number of benzene rings is 2. The van der Waals surface area contributed by atoms with Crippen LogP contribution in [-0.2, 0) is 9.53 Å². The first kappa shape index (κ1) is 17.5. The third-order valence-corrected chi connectivity index (χ3v) is 4.48. The van der Waals surface area contributed by atoms with Gasteiger partial charge in [0.2, 0.25) is 6.10 Å². The molecular weight excluding hydrogens is 386 g/mol. The number of halogens is 1. The summed E-state index contributed by atoms with van der Waals surface area (Å²) in [5.74, 6) is -0.122. The van der Waals surface area contributed by atoms with Crippen LogP contribution in [0, 0.1) is 0 Å². The van der Waals surface area contributed by atoms with Crippen LogP contribution >= 0.6 is 15.9 Å². The largest absolute Gasteiger partial charge is 0.475 e. The predicted molar refractivity (Wildman–Crippen MR) is 96.5 cm³/mol. The molecule has 5 nitrogen and oxygen atoms in total. The molecule has 0 aliphatic heterocycles. The third-order valence-electron chi connectivity index (χ3n) is 3.86. The summed E-state index contributed by atoms with van der Waals surface area (Å²) in [6, 6.07) is 14.4. The zero-order valence-electron chi connectivity index (χ0n) is 13.7. The molecule has 1 saturated carbocycles. The van der Waals surface area contributed by atoms with Crippen molar-refractivity contribution in [3.05, 3.63) is 64.1 Å². The lowest BCUT2D eigenvalue weighted by Crippen LogP contribution is -2.33. The van der Waals surface area contributed by atoms with E-state index in [1.165, 1.54) is 7.11 Å². The van der Waals surface area contributed by atoms with Crippen molar-refractivity contribution in [2.24, 2.45) is 0 Å². The van der Waals surface area contributed by atoms with Gasteiger partial charge >= 0.3 is 5.97 Å². The average molecular weight is 404 g/mol. The summed E-state index contributed by atoms with van der Waals surface area (Å²) in [6.07, 6.45) is 1.25. The van der Waals surface area contributed by atoms with Crippen molar-refractivity contribution < 1.29 is 19.1 Å². The van der Waals surface area contributed by atoms with E-state index in [9.17, 15) is 9.59 Å². The molecule has 2 aromatic rings. The molecule has 0 saturated heterocycles. The quantitative estimate of drug-likeness (QED) is 0.747. The Hall–Kier alpha value is -2.34. The van der Waals surface area contributed by atoms with E-state index in [1.54, 1.807) is 18.2 Å². The van der Waals surface area contributed by atoms with Gasteiger partial charge in [-0.1, -0.05) is 30.3 Å². The zero-order chi connectivity index (χ0) is 17.8. The lowest BCUT2D eigenvalue weighted by molar-refractivity contribution is -0.128. The molecule has 3 rings (SSSR count). The first-order chi connectivity index (χ1) is 12.1. The summed E-state index contributed by atoms with van der Waals surface area (Å²) in [6.45, 7) is 0. The molecule has 130 valence electrons. The maximum absolute atomic E-state index is 12.6. The van der Waals surface area contributed by atoms with Gasteiger partial charge in [0.1, 0.15) is 5.75 Å². The monoisotopic (exact) mass is 403 g/mol. The molecule has 0 radical (unpaired) electrons. The number of hydrogen-bond acceptors (Lipinski definition) is 4. The minimum Gasteiger partial charge on any atom is -0.475 e. The summed E-state index contributed by atoms with van der Waals surface area (Å²) in [5.41, 5.74) is 1.17. The Morgan fingerprint density at radius 1 is 1.16 bits per heavy atom. The maximum Gasteiger partial charge on any atom is 0.337 e. The molecular formula is C19H18BrNO4. The van der Waals surface area contributed by atoms with Crippen LogP contribution in [0.15, 0.2) is 53.0 Å². The molecule has 1 amide bonds. The Morgan fingerprint density at radius 2 is 1.88 bits per heavy atom. The number of hydrogen-bond donors (Lipinski definition) is 1. The third kappa shape index (κ3) is 4.39. The Labute approximate surface area is 154 Å². The lowest BCUT2D eigenvalue weighted by Gasteiger charge is -2.20. The molecule has 1 atom stereocenters. The summed E-state index contributed by atoms with van der Waals surface area (Å²) in [4.78, 5) is 24.2. The molecule has 6 heteroatoms. The zero-order valence-corrected chi connectivity index (χ0v) is 15.3. The number of rotatable bonds is 6. The fourth-order valence-corrected chi connectivity index (χ4v) is 2.85. The van der Waals surface area contributed by atoms with Crippen molar-refractivity contribution in [3.8, 4) is 5.75 Å². The average Bonchev–Trinajstić information content (AvgIpc) is 3.44. The first-order valence-electron chi connectivity index (χ1n) is 7.98. The van der Waals surface area contributed by atoms with E-state index in [4.69, 9.17) is 9.47 Å². The molecule has 1 N–H and O–H groups in total. The van der Waals surface area contributed by atoms with Crippen molar-refractivity contribution in [2.45, 2.75) is 25.0 Å². The minimum absolute atomic E-state index is 0.169. The van der Waals surface area contributed by atoms with Gasteiger partial charge in [-0.25, -0.2) is 4.79 Å². The molecule has 25 heavy (non-hydrogen) atoms. The molecule has 0 heterocycles. The van der Waals surface area contributed by atoms with Crippen LogP contribution in [0.5, 0.6) is 5.75 Å². The molecule has 2 aromatic carbocycles. The molecule has 0 unspecified atom stereocenters. The van der Waals surface area contributed by atoms with E-state index in [0.717, 1.165) is 18.4 Å². The Morgan fingerprint density at radius 3 is 2.48 bits per heavy atom. The van der Waals surface area contributed by atoms with E-state index in [0.29, 0.717) is 15.8 Å². The highest BCUT2D eigenvalue weighted by atomic mass is 79.9. The first-order valence-corrected chi connectivity index (χ1v) is 8.77. The summed E-state index contributed by atoms with van der Waals surface area (Å²) in [7, 11) is 1.33. The van der Waals surface area contributed by atoms with Gasteiger partial charge < -0.3 is 14.8 Å². The van der Waals surface area contributed by atoms with Crippen LogP contribution in [-0.4, -0.2) is 25.0 Å². The van der Waals surface area contributed by atoms with Gasteiger partial charge in [-0.15, -0.1) is 0 Å². The highest BCUT2D eigenvalue weighted by Gasteiger charge is 2.30. The highest BCUT2D eigenvalue weighted by molar-refractivity contribution is 9.10. The van der Waals surface area contributed by atoms with Gasteiger partial charge in [-0.2, -0.15) is 0 Å². The van der Waals surface area contributed by atoms with E-state index in [-0.39, 0.29) is 11.9 Å². The minimum atomic E-state index is -0.762. The number of esters is 1. The van der Waals surface area contributed by atoms with Gasteiger partial charge in [0.15, 0.2) is 0 Å². The number of nitrogens with one attached hydrogen (secondary N) is 1. The van der Waals surface area contributed by atoms with Gasteiger partial charge in [0.05, 0.1) is 17.1 Å². The van der Waals surface area contributed by atoms with Crippen LogP contribution < -0.4 is 10.1 Å². The summed E-state index contributed by atoms with van der Waals surface area (Å²) < 4.78 is 11.3. The second kappa shape index (κ2) is 7.70. The van der Waals surface area contributed by atoms with Crippen molar-refractivity contribution in [1.82, 2.24) is 5.32 Å². The van der Waals surface area contributed by atoms with Crippen LogP contribution in [0.25, 0.3) is 0 Å².